The molecule has 0 aromatic heterocycles. The van der Waals surface area contributed by atoms with Gasteiger partial charge in [0.15, 0.2) is 0 Å². The summed E-state index contributed by atoms with van der Waals surface area (Å²) in [4.78, 5) is 22.3. The van der Waals surface area contributed by atoms with E-state index in [0.717, 1.165) is 0 Å². The lowest BCUT2D eigenvalue weighted by molar-refractivity contribution is -0.143. The van der Waals surface area contributed by atoms with Crippen LogP contribution in [0.4, 0.5) is 0 Å². The number of hydrogen-bond acceptors (Lipinski definition) is 9. The first-order chi connectivity index (χ1) is 12.1. The van der Waals surface area contributed by atoms with Crippen molar-refractivity contribution in [3.63, 3.8) is 0 Å². The Bertz CT molecular complexity index is 433. The Labute approximate surface area is 152 Å². The van der Waals surface area contributed by atoms with Gasteiger partial charge in [-0.1, -0.05) is 13.2 Å². The van der Waals surface area contributed by atoms with Crippen LogP contribution >= 0.6 is 0 Å². The minimum atomic E-state index is -1.03. The van der Waals surface area contributed by atoms with E-state index in [1.807, 2.05) is 0 Å². The van der Waals surface area contributed by atoms with E-state index in [9.17, 15) is 24.9 Å². The maximum absolute atomic E-state index is 11.1. The number of carbonyl (C=O) groups excluding carboxylic acids is 2. The number of carbonyl (C=O) groups is 2. The maximum Gasteiger partial charge on any atom is 0.333 e. The standard InChI is InChI=1S/C17H28O9/c1-11(2)16(21)25-9-14(19)7-23-5-13(18)6-24-8-15(20)10-26-17(22)12(3)4/h13-15,18-20H,1,3,5-10H2,2,4H3. The summed E-state index contributed by atoms with van der Waals surface area (Å²) >= 11 is 0. The van der Waals surface area contributed by atoms with E-state index < -0.39 is 30.3 Å². The minimum Gasteiger partial charge on any atom is -0.460 e. The quantitative estimate of drug-likeness (QED) is 0.267. The number of esters is 2. The number of ether oxygens (including phenoxy) is 4. The first-order valence-corrected chi connectivity index (χ1v) is 7.98. The van der Waals surface area contributed by atoms with Crippen molar-refractivity contribution >= 4 is 11.9 Å². The van der Waals surface area contributed by atoms with E-state index in [1.165, 1.54) is 13.8 Å². The molecular formula is C17H28O9. The van der Waals surface area contributed by atoms with Gasteiger partial charge in [-0.25, -0.2) is 9.59 Å². The Morgan fingerprint density at radius 2 is 0.962 bits per heavy atom. The molecule has 0 aliphatic carbocycles. The summed E-state index contributed by atoms with van der Waals surface area (Å²) in [6.45, 7) is 8.79. The largest absolute Gasteiger partial charge is 0.460 e. The molecule has 0 bridgehead atoms. The lowest BCUT2D eigenvalue weighted by Crippen LogP contribution is -2.30. The summed E-state index contributed by atoms with van der Waals surface area (Å²) in [5.41, 5.74) is 0.449. The fraction of sp³-hybridized carbons (Fsp3) is 0.647. The molecule has 9 nitrogen and oxygen atoms in total. The van der Waals surface area contributed by atoms with Crippen LogP contribution in [0.2, 0.25) is 0 Å². The van der Waals surface area contributed by atoms with Crippen LogP contribution in [0.1, 0.15) is 13.8 Å². The van der Waals surface area contributed by atoms with Crippen LogP contribution in [-0.4, -0.2) is 85.2 Å². The molecule has 0 saturated heterocycles. The molecule has 0 aliphatic rings. The molecule has 26 heavy (non-hydrogen) atoms. The molecule has 0 spiro atoms. The Morgan fingerprint density at radius 1 is 0.692 bits per heavy atom. The fourth-order valence-electron chi connectivity index (χ4n) is 1.41. The highest BCUT2D eigenvalue weighted by Gasteiger charge is 2.13. The molecule has 2 unspecified atom stereocenters. The van der Waals surface area contributed by atoms with Crippen molar-refractivity contribution in [3.05, 3.63) is 24.3 Å². The lowest BCUT2D eigenvalue weighted by Gasteiger charge is -2.16. The van der Waals surface area contributed by atoms with Crippen molar-refractivity contribution in [1.82, 2.24) is 0 Å². The second kappa shape index (κ2) is 13.4. The van der Waals surface area contributed by atoms with Crippen molar-refractivity contribution in [3.8, 4) is 0 Å². The van der Waals surface area contributed by atoms with Crippen LogP contribution in [0.5, 0.6) is 0 Å². The van der Waals surface area contributed by atoms with Crippen molar-refractivity contribution in [1.29, 1.82) is 0 Å². The van der Waals surface area contributed by atoms with Gasteiger partial charge in [0, 0.05) is 11.1 Å². The smallest absolute Gasteiger partial charge is 0.333 e. The molecule has 150 valence electrons. The molecule has 3 N–H and O–H groups in total. The molecule has 0 heterocycles. The zero-order valence-corrected chi connectivity index (χ0v) is 15.2. The van der Waals surface area contributed by atoms with Crippen molar-refractivity contribution in [2.75, 3.05) is 39.6 Å². The van der Waals surface area contributed by atoms with E-state index in [4.69, 9.17) is 18.9 Å². The van der Waals surface area contributed by atoms with Gasteiger partial charge in [-0.3, -0.25) is 0 Å². The highest BCUT2D eigenvalue weighted by Crippen LogP contribution is 1.98. The van der Waals surface area contributed by atoms with Gasteiger partial charge in [0.2, 0.25) is 0 Å². The molecular weight excluding hydrogens is 348 g/mol. The van der Waals surface area contributed by atoms with Gasteiger partial charge in [0.25, 0.3) is 0 Å². The number of aliphatic hydroxyl groups is 3. The second-order valence-corrected chi connectivity index (χ2v) is 5.79. The summed E-state index contributed by atoms with van der Waals surface area (Å²) in [7, 11) is 0. The summed E-state index contributed by atoms with van der Waals surface area (Å²) < 4.78 is 19.6. The van der Waals surface area contributed by atoms with Crippen LogP contribution in [-0.2, 0) is 28.5 Å². The van der Waals surface area contributed by atoms with Crippen LogP contribution in [0, 0.1) is 0 Å². The van der Waals surface area contributed by atoms with E-state index in [-0.39, 0.29) is 50.8 Å². The average molecular weight is 376 g/mol. The monoisotopic (exact) mass is 376 g/mol. The predicted octanol–water partition coefficient (Wildman–Crippen LogP) is -0.659. The zero-order chi connectivity index (χ0) is 20.1. The molecule has 2 atom stereocenters. The molecule has 0 fully saturated rings. The van der Waals surface area contributed by atoms with E-state index >= 15 is 0 Å². The van der Waals surface area contributed by atoms with Gasteiger partial charge < -0.3 is 34.3 Å². The van der Waals surface area contributed by atoms with Crippen LogP contribution in [0.25, 0.3) is 0 Å². The van der Waals surface area contributed by atoms with Crippen LogP contribution < -0.4 is 0 Å². The van der Waals surface area contributed by atoms with E-state index in [2.05, 4.69) is 13.2 Å². The number of hydrogen-bond donors (Lipinski definition) is 3. The Balaban J connectivity index is 3.72. The Kier molecular flexibility index (Phi) is 12.5. The molecule has 0 aromatic rings. The van der Waals surface area contributed by atoms with Crippen LogP contribution in [0.15, 0.2) is 24.3 Å². The summed E-state index contributed by atoms with van der Waals surface area (Å²) in [5, 5.41) is 28.8. The molecule has 0 saturated carbocycles. The summed E-state index contributed by atoms with van der Waals surface area (Å²) in [6, 6.07) is 0. The molecule has 9 heteroatoms. The third-order valence-corrected chi connectivity index (χ3v) is 2.75. The fourth-order valence-corrected chi connectivity index (χ4v) is 1.41. The summed E-state index contributed by atoms with van der Waals surface area (Å²) in [6.07, 6.45) is -3.04. The highest BCUT2D eigenvalue weighted by molar-refractivity contribution is 5.87. The third kappa shape index (κ3) is 12.6. The topological polar surface area (TPSA) is 132 Å². The molecule has 0 amide bonds. The van der Waals surface area contributed by atoms with Gasteiger partial charge in [-0.05, 0) is 13.8 Å². The number of aliphatic hydroxyl groups excluding tert-OH is 3. The average Bonchev–Trinajstić information content (AvgIpc) is 2.57. The lowest BCUT2D eigenvalue weighted by atomic mass is 10.3. The maximum atomic E-state index is 11.1. The van der Waals surface area contributed by atoms with Gasteiger partial charge in [0.1, 0.15) is 31.5 Å². The van der Waals surface area contributed by atoms with Gasteiger partial charge >= 0.3 is 11.9 Å². The summed E-state index contributed by atoms with van der Waals surface area (Å²) in [5.74, 6) is -1.21. The first-order valence-electron chi connectivity index (χ1n) is 7.98. The molecule has 0 rings (SSSR count). The van der Waals surface area contributed by atoms with E-state index in [1.54, 1.807) is 0 Å². The minimum absolute atomic E-state index is 0.119. The van der Waals surface area contributed by atoms with E-state index in [0.29, 0.717) is 0 Å². The van der Waals surface area contributed by atoms with Gasteiger partial charge in [-0.15, -0.1) is 0 Å². The van der Waals surface area contributed by atoms with Crippen molar-refractivity contribution < 1.29 is 43.9 Å². The third-order valence-electron chi connectivity index (χ3n) is 2.75. The molecule has 0 aliphatic heterocycles. The normalized spacial score (nSPS) is 14.2. The highest BCUT2D eigenvalue weighted by atomic mass is 16.6. The second-order valence-electron chi connectivity index (χ2n) is 5.79. The molecule has 0 aromatic carbocycles. The van der Waals surface area contributed by atoms with Crippen molar-refractivity contribution in [2.45, 2.75) is 32.2 Å². The Hall–Kier alpha value is -1.78. The predicted molar refractivity (Wildman–Crippen MR) is 91.2 cm³/mol. The number of rotatable bonds is 14. The Morgan fingerprint density at radius 3 is 1.23 bits per heavy atom. The van der Waals surface area contributed by atoms with Crippen LogP contribution in [0.3, 0.4) is 0 Å². The van der Waals surface area contributed by atoms with Gasteiger partial charge in [0.05, 0.1) is 26.4 Å². The zero-order valence-electron chi connectivity index (χ0n) is 15.2. The molecule has 0 radical (unpaired) electrons. The van der Waals surface area contributed by atoms with Crippen molar-refractivity contribution in [2.24, 2.45) is 0 Å². The first kappa shape index (κ1) is 24.2. The van der Waals surface area contributed by atoms with Gasteiger partial charge in [-0.2, -0.15) is 0 Å². The SMILES string of the molecule is C=C(C)C(=O)OCC(O)COCC(O)COCC(O)COC(=O)C(=C)C.